The van der Waals surface area contributed by atoms with Gasteiger partial charge < -0.3 is 0 Å². The minimum absolute atomic E-state index is 0.0355. The lowest BCUT2D eigenvalue weighted by Crippen LogP contribution is -2.10. The van der Waals surface area contributed by atoms with Crippen molar-refractivity contribution in [2.45, 2.75) is 34.0 Å². The number of benzene rings is 3. The molecule has 0 aliphatic rings. The van der Waals surface area contributed by atoms with E-state index in [1.807, 2.05) is 6.07 Å². The van der Waals surface area contributed by atoms with Gasteiger partial charge in [-0.25, -0.2) is 0 Å². The van der Waals surface area contributed by atoms with Gasteiger partial charge in [0.25, 0.3) is 0 Å². The van der Waals surface area contributed by atoms with E-state index in [1.165, 1.54) is 37.1 Å². The summed E-state index contributed by atoms with van der Waals surface area (Å²) in [6.07, 6.45) is -0.523. The van der Waals surface area contributed by atoms with E-state index in [4.69, 9.17) is 6.85 Å². The van der Waals surface area contributed by atoms with Crippen LogP contribution in [0.25, 0.3) is 51.6 Å². The number of aromatic nitrogens is 1. The van der Waals surface area contributed by atoms with Crippen molar-refractivity contribution < 1.29 is 6.85 Å². The van der Waals surface area contributed by atoms with Crippen LogP contribution in [-0.4, -0.2) is 4.98 Å². The predicted octanol–water partition coefficient (Wildman–Crippen LogP) is 9.38. The Labute approximate surface area is 203 Å². The first-order chi connectivity index (χ1) is 17.4. The summed E-state index contributed by atoms with van der Waals surface area (Å²) in [4.78, 5) is 4.64. The molecule has 0 fully saturated rings. The third-order valence-electron chi connectivity index (χ3n) is 5.68. The highest BCUT2D eigenvalue weighted by Crippen LogP contribution is 2.48. The fourth-order valence-corrected chi connectivity index (χ4v) is 6.79. The molecule has 0 radical (unpaired) electrons. The normalized spacial score (nSPS) is 15.7. The summed E-state index contributed by atoms with van der Waals surface area (Å²) in [6, 6.07) is 20.6. The van der Waals surface area contributed by atoms with Crippen LogP contribution in [0.1, 0.15) is 38.8 Å². The number of nitrogens with zero attached hydrogens (tertiary/aromatic N) is 1. The van der Waals surface area contributed by atoms with Crippen LogP contribution in [0.3, 0.4) is 0 Å². The van der Waals surface area contributed by atoms with Gasteiger partial charge in [-0.15, -0.1) is 22.7 Å². The van der Waals surface area contributed by atoms with Crippen molar-refractivity contribution in [3.63, 3.8) is 0 Å². The number of fused-ring (bicyclic) bond motifs is 7. The van der Waals surface area contributed by atoms with Crippen LogP contribution >= 0.6 is 22.7 Å². The average molecular weight is 457 g/mol. The monoisotopic (exact) mass is 456 g/mol. The minimum Gasteiger partial charge on any atom is -0.256 e. The van der Waals surface area contributed by atoms with E-state index in [9.17, 15) is 0 Å². The molecule has 0 spiro atoms. The first-order valence-electron chi connectivity index (χ1n) is 13.1. The second-order valence-corrected chi connectivity index (χ2v) is 11.3. The molecule has 3 aromatic carbocycles. The molecule has 0 aliphatic heterocycles. The van der Waals surface area contributed by atoms with Gasteiger partial charge in [0.2, 0.25) is 0 Å². The van der Waals surface area contributed by atoms with Gasteiger partial charge in [-0.1, -0.05) is 57.2 Å². The summed E-state index contributed by atoms with van der Waals surface area (Å²) in [6.45, 7) is 2.92. The van der Waals surface area contributed by atoms with Gasteiger partial charge in [0.05, 0.1) is 5.69 Å². The van der Waals surface area contributed by atoms with Crippen molar-refractivity contribution in [3.05, 3.63) is 78.0 Å². The molecular weight excluding hydrogens is 426 g/mol. The molecule has 32 heavy (non-hydrogen) atoms. The van der Waals surface area contributed by atoms with E-state index in [2.05, 4.69) is 53.5 Å². The molecule has 0 N–H and O–H groups in total. The third kappa shape index (κ3) is 3.15. The van der Waals surface area contributed by atoms with E-state index in [0.29, 0.717) is 5.69 Å². The van der Waals surface area contributed by atoms with Crippen LogP contribution in [0.15, 0.2) is 66.9 Å². The summed E-state index contributed by atoms with van der Waals surface area (Å²) >= 11 is 3.43. The van der Waals surface area contributed by atoms with Crippen LogP contribution in [0.5, 0.6) is 0 Å². The molecule has 0 unspecified atom stereocenters. The van der Waals surface area contributed by atoms with E-state index >= 15 is 0 Å². The smallest absolute Gasteiger partial charge is 0.0719 e. The standard InChI is InChI=1S/C29H25NS2/c1-17-16-30-22(13-18(17)15-29(2,3)4)21-14-25-26(19-9-5-7-11-23(19)31-25)27-20-10-6-8-12-24(20)32-28(21)27/h5-14,16H,15H2,1-4H3/i1D3,15D2. The van der Waals surface area contributed by atoms with Gasteiger partial charge in [-0.3, -0.25) is 4.98 Å². The fourth-order valence-electron chi connectivity index (χ4n) is 4.40. The van der Waals surface area contributed by atoms with Crippen LogP contribution in [0.4, 0.5) is 0 Å². The molecule has 0 saturated carbocycles. The van der Waals surface area contributed by atoms with Crippen molar-refractivity contribution in [3.8, 4) is 11.3 Å². The SMILES string of the molecule is [2H]C([2H])([2H])c1cnc(-c2cc3sc4ccccc4c3c3c2sc2ccccc23)cc1C([2H])([2H])C(C)(C)C. The molecule has 1 nitrogen and oxygen atoms in total. The Bertz CT molecular complexity index is 1840. The lowest BCUT2D eigenvalue weighted by atomic mass is 9.86. The predicted molar refractivity (Wildman–Crippen MR) is 143 cm³/mol. The molecule has 0 aliphatic carbocycles. The van der Waals surface area contributed by atoms with Crippen molar-refractivity contribution in [2.24, 2.45) is 5.41 Å². The maximum absolute atomic E-state index is 8.95. The number of thiophene rings is 2. The Kier molecular flexibility index (Phi) is 3.38. The van der Waals surface area contributed by atoms with Gasteiger partial charge in [-0.2, -0.15) is 0 Å². The Balaban J connectivity index is 1.74. The van der Waals surface area contributed by atoms with Crippen LogP contribution < -0.4 is 0 Å². The van der Waals surface area contributed by atoms with Gasteiger partial charge in [0.15, 0.2) is 0 Å². The summed E-state index contributed by atoms with van der Waals surface area (Å²) in [5.74, 6) is 0. The molecular formula is C29H25NS2. The summed E-state index contributed by atoms with van der Waals surface area (Å²) < 4.78 is 46.7. The molecule has 3 heterocycles. The highest BCUT2D eigenvalue weighted by Gasteiger charge is 2.20. The maximum atomic E-state index is 8.95. The van der Waals surface area contributed by atoms with E-state index < -0.39 is 18.6 Å². The summed E-state index contributed by atoms with van der Waals surface area (Å²) in [5, 5.41) is 4.80. The van der Waals surface area contributed by atoms with E-state index in [-0.39, 0.29) is 11.1 Å². The van der Waals surface area contributed by atoms with Crippen LogP contribution in [0, 0.1) is 12.3 Å². The molecule has 6 aromatic rings. The lowest BCUT2D eigenvalue weighted by molar-refractivity contribution is 0.410. The third-order valence-corrected chi connectivity index (χ3v) is 8.00. The van der Waals surface area contributed by atoms with E-state index in [1.54, 1.807) is 49.5 Å². The largest absolute Gasteiger partial charge is 0.256 e. The highest BCUT2D eigenvalue weighted by molar-refractivity contribution is 7.28. The highest BCUT2D eigenvalue weighted by atomic mass is 32.1. The van der Waals surface area contributed by atoms with Gasteiger partial charge in [-0.05, 0) is 54.0 Å². The topological polar surface area (TPSA) is 12.9 Å². The Morgan fingerprint density at radius 3 is 2.28 bits per heavy atom. The van der Waals surface area contributed by atoms with Crippen molar-refractivity contribution in [2.75, 3.05) is 0 Å². The zero-order chi connectivity index (χ0) is 26.3. The zero-order valence-corrected chi connectivity index (χ0v) is 19.7. The van der Waals surface area contributed by atoms with Gasteiger partial charge in [0, 0.05) is 59.0 Å². The lowest BCUT2D eigenvalue weighted by Gasteiger charge is -2.20. The first-order valence-corrected chi connectivity index (χ1v) is 12.3. The number of rotatable bonds is 2. The molecule has 3 heteroatoms. The summed E-state index contributed by atoms with van der Waals surface area (Å²) in [7, 11) is 0. The Morgan fingerprint density at radius 1 is 0.875 bits per heavy atom. The molecule has 158 valence electrons. The van der Waals surface area contributed by atoms with E-state index in [0.717, 1.165) is 15.0 Å². The quantitative estimate of drug-likeness (QED) is 0.253. The zero-order valence-electron chi connectivity index (χ0n) is 23.1. The van der Waals surface area contributed by atoms with Crippen LogP contribution in [-0.2, 0) is 6.37 Å². The second-order valence-electron chi connectivity index (χ2n) is 9.19. The molecule has 3 aromatic heterocycles. The first kappa shape index (κ1) is 15.2. The molecule has 6 rings (SSSR count). The van der Waals surface area contributed by atoms with Crippen molar-refractivity contribution in [1.82, 2.24) is 4.98 Å². The Morgan fingerprint density at radius 2 is 1.56 bits per heavy atom. The van der Waals surface area contributed by atoms with Crippen molar-refractivity contribution in [1.29, 1.82) is 0 Å². The summed E-state index contributed by atoms with van der Waals surface area (Å²) in [5.41, 5.74) is 0.821. The molecule has 0 bridgehead atoms. The maximum Gasteiger partial charge on any atom is 0.0719 e. The number of hydrogen-bond donors (Lipinski definition) is 0. The van der Waals surface area contributed by atoms with Gasteiger partial charge >= 0.3 is 0 Å². The average Bonchev–Trinajstić information content (AvgIpc) is 3.40. The van der Waals surface area contributed by atoms with Gasteiger partial charge in [0.1, 0.15) is 0 Å². The molecule has 0 atom stereocenters. The van der Waals surface area contributed by atoms with Crippen molar-refractivity contribution >= 4 is 63.0 Å². The fraction of sp³-hybridized carbons (Fsp3) is 0.207. The Hall–Kier alpha value is -2.75. The van der Waals surface area contributed by atoms with Crippen LogP contribution in [0.2, 0.25) is 0 Å². The molecule has 0 saturated heterocycles. The minimum atomic E-state index is -2.47. The number of hydrogen-bond acceptors (Lipinski definition) is 3. The molecule has 0 amide bonds. The number of pyridine rings is 1. The second kappa shape index (κ2) is 7.13. The number of aryl methyl sites for hydroxylation is 1.